The molecule has 2 unspecified atom stereocenters. The van der Waals surface area contributed by atoms with Crippen molar-refractivity contribution in [2.75, 3.05) is 20.2 Å². The van der Waals surface area contributed by atoms with E-state index in [9.17, 15) is 19.5 Å². The molecule has 152 valence electrons. The van der Waals surface area contributed by atoms with Crippen molar-refractivity contribution in [2.24, 2.45) is 5.92 Å². The standard InChI is InChI=1S/C23H25NO5/c1-29-18-12-10-17(11-13-18)21(25)8-5-9-22(26)24-14-19(20(15-24)23(27)28)16-6-3-2-4-7-16/h2-4,6-7,10-13,19-20H,5,8-9,14-15H2,1H3,(H,27,28). The summed E-state index contributed by atoms with van der Waals surface area (Å²) < 4.78 is 5.08. The van der Waals surface area contributed by atoms with Gasteiger partial charge in [0.25, 0.3) is 0 Å². The Morgan fingerprint density at radius 3 is 2.31 bits per heavy atom. The minimum Gasteiger partial charge on any atom is -0.497 e. The number of benzene rings is 2. The highest BCUT2D eigenvalue weighted by atomic mass is 16.5. The van der Waals surface area contributed by atoms with Crippen LogP contribution < -0.4 is 4.74 Å². The Morgan fingerprint density at radius 2 is 1.69 bits per heavy atom. The third-order valence-corrected chi connectivity index (χ3v) is 5.42. The van der Waals surface area contributed by atoms with Crippen molar-refractivity contribution in [3.05, 3.63) is 65.7 Å². The molecule has 1 aliphatic heterocycles. The predicted octanol–water partition coefficient (Wildman–Crippen LogP) is 3.38. The number of amides is 1. The topological polar surface area (TPSA) is 83.9 Å². The highest BCUT2D eigenvalue weighted by molar-refractivity contribution is 5.96. The molecule has 1 amide bonds. The molecule has 6 nitrogen and oxygen atoms in total. The number of Topliss-reactive ketones (excluding diaryl/α,β-unsaturated/α-hetero) is 1. The van der Waals surface area contributed by atoms with Crippen molar-refractivity contribution in [1.29, 1.82) is 0 Å². The molecule has 1 fully saturated rings. The number of likely N-dealkylation sites (tertiary alicyclic amines) is 1. The molecule has 2 aromatic rings. The molecule has 1 N–H and O–H groups in total. The Morgan fingerprint density at radius 1 is 1.00 bits per heavy atom. The van der Waals surface area contributed by atoms with Crippen LogP contribution in [0.25, 0.3) is 0 Å². The third-order valence-electron chi connectivity index (χ3n) is 5.42. The Hall–Kier alpha value is -3.15. The fraction of sp³-hybridized carbons (Fsp3) is 0.348. The largest absolute Gasteiger partial charge is 0.497 e. The molecule has 0 aliphatic carbocycles. The molecule has 0 radical (unpaired) electrons. The zero-order valence-corrected chi connectivity index (χ0v) is 16.4. The summed E-state index contributed by atoms with van der Waals surface area (Å²) in [5, 5.41) is 9.57. The van der Waals surface area contributed by atoms with Crippen LogP contribution in [0.2, 0.25) is 0 Å². The number of nitrogens with zero attached hydrogens (tertiary/aromatic N) is 1. The fourth-order valence-electron chi connectivity index (χ4n) is 3.78. The van der Waals surface area contributed by atoms with Gasteiger partial charge >= 0.3 is 5.97 Å². The predicted molar refractivity (Wildman–Crippen MR) is 108 cm³/mol. The Bertz CT molecular complexity index is 863. The lowest BCUT2D eigenvalue weighted by atomic mass is 9.89. The number of hydrogen-bond acceptors (Lipinski definition) is 4. The van der Waals surface area contributed by atoms with Crippen LogP contribution in [-0.4, -0.2) is 47.9 Å². The van der Waals surface area contributed by atoms with E-state index in [1.807, 2.05) is 30.3 Å². The quantitative estimate of drug-likeness (QED) is 0.693. The molecule has 1 aliphatic rings. The summed E-state index contributed by atoms with van der Waals surface area (Å²) in [6, 6.07) is 16.3. The number of carboxylic acid groups (broad SMARTS) is 1. The number of aliphatic carboxylic acids is 1. The van der Waals surface area contributed by atoms with Gasteiger partial charge in [-0.2, -0.15) is 0 Å². The number of carboxylic acids is 1. The molecule has 0 aromatic heterocycles. The van der Waals surface area contributed by atoms with Gasteiger partial charge in [0.05, 0.1) is 13.0 Å². The molecular formula is C23H25NO5. The van der Waals surface area contributed by atoms with Crippen molar-refractivity contribution in [3.63, 3.8) is 0 Å². The zero-order chi connectivity index (χ0) is 20.8. The number of rotatable bonds is 8. The van der Waals surface area contributed by atoms with E-state index in [0.29, 0.717) is 24.3 Å². The minimum atomic E-state index is -0.885. The van der Waals surface area contributed by atoms with Gasteiger partial charge in [0.1, 0.15) is 5.75 Å². The van der Waals surface area contributed by atoms with E-state index in [0.717, 1.165) is 5.56 Å². The van der Waals surface area contributed by atoms with Crippen LogP contribution in [0.3, 0.4) is 0 Å². The van der Waals surface area contributed by atoms with E-state index in [2.05, 4.69) is 0 Å². The molecule has 2 aromatic carbocycles. The smallest absolute Gasteiger partial charge is 0.308 e. The van der Waals surface area contributed by atoms with Crippen molar-refractivity contribution in [2.45, 2.75) is 25.2 Å². The van der Waals surface area contributed by atoms with Crippen LogP contribution in [0.5, 0.6) is 5.75 Å². The summed E-state index contributed by atoms with van der Waals surface area (Å²) in [6.07, 6.45) is 0.945. The minimum absolute atomic E-state index is 0.0209. The lowest BCUT2D eigenvalue weighted by Gasteiger charge is -2.16. The van der Waals surface area contributed by atoms with Gasteiger partial charge in [-0.3, -0.25) is 14.4 Å². The number of hydrogen-bond donors (Lipinski definition) is 1. The molecule has 29 heavy (non-hydrogen) atoms. The molecule has 1 saturated heterocycles. The van der Waals surface area contributed by atoms with Crippen molar-refractivity contribution < 1.29 is 24.2 Å². The van der Waals surface area contributed by atoms with Gasteiger partial charge in [0.15, 0.2) is 5.78 Å². The second kappa shape index (κ2) is 9.37. The van der Waals surface area contributed by atoms with E-state index in [4.69, 9.17) is 4.74 Å². The first-order valence-electron chi connectivity index (χ1n) is 9.72. The molecule has 0 bridgehead atoms. The van der Waals surface area contributed by atoms with Crippen LogP contribution in [0.1, 0.15) is 41.1 Å². The number of ketones is 1. The average molecular weight is 395 g/mol. The summed E-state index contributed by atoms with van der Waals surface area (Å²) in [4.78, 5) is 38.2. The summed E-state index contributed by atoms with van der Waals surface area (Å²) in [6.45, 7) is 0.604. The van der Waals surface area contributed by atoms with Crippen molar-refractivity contribution in [1.82, 2.24) is 4.90 Å². The van der Waals surface area contributed by atoms with Gasteiger partial charge in [0.2, 0.25) is 5.91 Å². The second-order valence-electron chi connectivity index (χ2n) is 7.27. The third kappa shape index (κ3) is 5.02. The van der Waals surface area contributed by atoms with E-state index in [1.54, 1.807) is 36.3 Å². The lowest BCUT2D eigenvalue weighted by molar-refractivity contribution is -0.141. The molecule has 2 atom stereocenters. The summed E-state index contributed by atoms with van der Waals surface area (Å²) >= 11 is 0. The molecule has 0 saturated carbocycles. The van der Waals surface area contributed by atoms with E-state index in [-0.39, 0.29) is 37.0 Å². The number of ether oxygens (including phenoxy) is 1. The van der Waals surface area contributed by atoms with Crippen LogP contribution in [0.15, 0.2) is 54.6 Å². The normalized spacial score (nSPS) is 18.4. The monoisotopic (exact) mass is 395 g/mol. The zero-order valence-electron chi connectivity index (χ0n) is 16.4. The van der Waals surface area contributed by atoms with Gasteiger partial charge in [-0.25, -0.2) is 0 Å². The van der Waals surface area contributed by atoms with Gasteiger partial charge in [-0.15, -0.1) is 0 Å². The van der Waals surface area contributed by atoms with Gasteiger partial charge in [-0.05, 0) is 36.2 Å². The first-order valence-corrected chi connectivity index (χ1v) is 9.72. The van der Waals surface area contributed by atoms with Crippen LogP contribution >= 0.6 is 0 Å². The van der Waals surface area contributed by atoms with Crippen molar-refractivity contribution >= 4 is 17.7 Å². The average Bonchev–Trinajstić information content (AvgIpc) is 3.20. The maximum atomic E-state index is 12.6. The van der Waals surface area contributed by atoms with Crippen LogP contribution in [0.4, 0.5) is 0 Å². The Kier molecular flexibility index (Phi) is 6.65. The summed E-state index contributed by atoms with van der Waals surface area (Å²) in [7, 11) is 1.57. The first-order chi connectivity index (χ1) is 14.0. The van der Waals surface area contributed by atoms with Crippen LogP contribution in [-0.2, 0) is 9.59 Å². The maximum absolute atomic E-state index is 12.6. The van der Waals surface area contributed by atoms with E-state index < -0.39 is 11.9 Å². The lowest BCUT2D eigenvalue weighted by Crippen LogP contribution is -2.29. The van der Waals surface area contributed by atoms with E-state index in [1.165, 1.54) is 0 Å². The molecule has 1 heterocycles. The SMILES string of the molecule is COc1ccc(C(=O)CCCC(=O)N2CC(C(=O)O)C(c3ccccc3)C2)cc1. The Labute approximate surface area is 170 Å². The van der Waals surface area contributed by atoms with Gasteiger partial charge in [0, 0.05) is 37.4 Å². The number of methoxy groups -OCH3 is 1. The van der Waals surface area contributed by atoms with Gasteiger partial charge < -0.3 is 14.7 Å². The number of carbonyl (C=O) groups excluding carboxylic acids is 2. The highest BCUT2D eigenvalue weighted by Gasteiger charge is 2.40. The van der Waals surface area contributed by atoms with Gasteiger partial charge in [-0.1, -0.05) is 30.3 Å². The van der Waals surface area contributed by atoms with Crippen molar-refractivity contribution in [3.8, 4) is 5.75 Å². The second-order valence-corrected chi connectivity index (χ2v) is 7.27. The van der Waals surface area contributed by atoms with E-state index >= 15 is 0 Å². The molecule has 3 rings (SSSR count). The highest BCUT2D eigenvalue weighted by Crippen LogP contribution is 2.33. The molecule has 0 spiro atoms. The maximum Gasteiger partial charge on any atom is 0.308 e. The van der Waals surface area contributed by atoms with Crippen LogP contribution in [0, 0.1) is 5.92 Å². The number of carbonyl (C=O) groups is 3. The fourth-order valence-corrected chi connectivity index (χ4v) is 3.78. The Balaban J connectivity index is 1.53. The molecule has 6 heteroatoms. The first kappa shape index (κ1) is 20.6. The summed E-state index contributed by atoms with van der Waals surface area (Å²) in [5.74, 6) is -1.14. The summed E-state index contributed by atoms with van der Waals surface area (Å²) in [5.41, 5.74) is 1.53. The molecular weight excluding hydrogens is 370 g/mol.